The first-order valence-electron chi connectivity index (χ1n) is 2.49. The van der Waals surface area contributed by atoms with E-state index in [2.05, 4.69) is 21.2 Å². The van der Waals surface area contributed by atoms with Gasteiger partial charge in [-0.2, -0.15) is 0 Å². The maximum atomic E-state index is 10.3. The predicted molar refractivity (Wildman–Crippen MR) is 45.2 cm³/mol. The van der Waals surface area contributed by atoms with Crippen LogP contribution in [0, 0.1) is 0 Å². The molecule has 0 spiro atoms. The van der Waals surface area contributed by atoms with E-state index in [-0.39, 0.29) is 0 Å². The van der Waals surface area contributed by atoms with E-state index >= 15 is 0 Å². The second-order valence-electron chi connectivity index (χ2n) is 1.59. The van der Waals surface area contributed by atoms with Crippen LogP contribution in [0.15, 0.2) is 15.9 Å². The van der Waals surface area contributed by atoms with Crippen LogP contribution in [0.5, 0.6) is 0 Å². The largest absolute Gasteiger partial charge is 0.351 e. The van der Waals surface area contributed by atoms with E-state index in [1.165, 1.54) is 11.3 Å². The van der Waals surface area contributed by atoms with Crippen molar-refractivity contribution in [2.24, 2.45) is 5.73 Å². The van der Waals surface area contributed by atoms with Gasteiger partial charge in [0.2, 0.25) is 0 Å². The summed E-state index contributed by atoms with van der Waals surface area (Å²) in [7, 11) is 0. The number of nitrogens with two attached hydrogens (primary N) is 1. The molecular formula is C5H5BrN2OS. The Balaban J connectivity index is 2.74. The van der Waals surface area contributed by atoms with Crippen molar-refractivity contribution in [3.05, 3.63) is 15.9 Å². The maximum Gasteiger partial charge on any atom is 0.317 e. The zero-order valence-electron chi connectivity index (χ0n) is 4.93. The number of amides is 2. The number of anilines is 1. The van der Waals surface area contributed by atoms with Gasteiger partial charge in [-0.1, -0.05) is 0 Å². The Morgan fingerprint density at radius 1 is 1.80 bits per heavy atom. The number of hydrogen-bond donors (Lipinski definition) is 2. The highest BCUT2D eigenvalue weighted by Gasteiger charge is 2.01. The lowest BCUT2D eigenvalue weighted by Gasteiger charge is -1.95. The van der Waals surface area contributed by atoms with Crippen LogP contribution >= 0.6 is 27.3 Å². The van der Waals surface area contributed by atoms with Crippen molar-refractivity contribution in [2.45, 2.75) is 0 Å². The summed E-state index contributed by atoms with van der Waals surface area (Å²) in [6.45, 7) is 0. The van der Waals surface area contributed by atoms with Gasteiger partial charge < -0.3 is 5.73 Å². The molecule has 1 heterocycles. The molecule has 0 saturated heterocycles. The van der Waals surface area contributed by atoms with Gasteiger partial charge in [-0.3, -0.25) is 5.32 Å². The first-order valence-corrected chi connectivity index (χ1v) is 4.17. The SMILES string of the molecule is NC(=O)Nc1sccc1Br. The molecule has 0 fully saturated rings. The second-order valence-corrected chi connectivity index (χ2v) is 3.36. The van der Waals surface area contributed by atoms with Gasteiger partial charge in [-0.25, -0.2) is 4.79 Å². The van der Waals surface area contributed by atoms with Gasteiger partial charge in [-0.05, 0) is 27.4 Å². The zero-order valence-corrected chi connectivity index (χ0v) is 7.33. The van der Waals surface area contributed by atoms with Crippen molar-refractivity contribution in [2.75, 3.05) is 5.32 Å². The van der Waals surface area contributed by atoms with Crippen LogP contribution in [-0.2, 0) is 0 Å². The van der Waals surface area contributed by atoms with Crippen LogP contribution in [0.2, 0.25) is 0 Å². The average Bonchev–Trinajstić information content (AvgIpc) is 2.15. The summed E-state index contributed by atoms with van der Waals surface area (Å²) in [6, 6.07) is 1.30. The van der Waals surface area contributed by atoms with Crippen LogP contribution in [0.3, 0.4) is 0 Å². The minimum Gasteiger partial charge on any atom is -0.351 e. The van der Waals surface area contributed by atoms with E-state index in [1.54, 1.807) is 0 Å². The lowest BCUT2D eigenvalue weighted by atomic mass is 10.6. The first-order chi connectivity index (χ1) is 4.70. The number of halogens is 1. The molecule has 54 valence electrons. The highest BCUT2D eigenvalue weighted by molar-refractivity contribution is 9.10. The Morgan fingerprint density at radius 3 is 2.90 bits per heavy atom. The summed E-state index contributed by atoms with van der Waals surface area (Å²) < 4.78 is 0.858. The van der Waals surface area contributed by atoms with E-state index in [1.807, 2.05) is 11.4 Å². The summed E-state index contributed by atoms with van der Waals surface area (Å²) >= 11 is 4.65. The Morgan fingerprint density at radius 2 is 2.50 bits per heavy atom. The van der Waals surface area contributed by atoms with Gasteiger partial charge in [0.05, 0.1) is 4.47 Å². The van der Waals surface area contributed by atoms with Gasteiger partial charge in [0.15, 0.2) is 0 Å². The van der Waals surface area contributed by atoms with Gasteiger partial charge in [0.25, 0.3) is 0 Å². The Kier molecular flexibility index (Phi) is 2.29. The highest BCUT2D eigenvalue weighted by atomic mass is 79.9. The van der Waals surface area contributed by atoms with Crippen LogP contribution in [0.4, 0.5) is 9.80 Å². The van der Waals surface area contributed by atoms with Crippen molar-refractivity contribution in [3.63, 3.8) is 0 Å². The smallest absolute Gasteiger partial charge is 0.317 e. The molecule has 0 saturated carbocycles. The molecule has 1 rings (SSSR count). The molecule has 0 aromatic carbocycles. The van der Waals surface area contributed by atoms with Crippen LogP contribution in [0.1, 0.15) is 0 Å². The lowest BCUT2D eigenvalue weighted by molar-refractivity contribution is 0.259. The minimum absolute atomic E-state index is 0.539. The summed E-state index contributed by atoms with van der Waals surface area (Å²) in [5.41, 5.74) is 4.89. The molecule has 0 bridgehead atoms. The fraction of sp³-hybridized carbons (Fsp3) is 0. The zero-order chi connectivity index (χ0) is 7.56. The lowest BCUT2D eigenvalue weighted by Crippen LogP contribution is -2.18. The van der Waals surface area contributed by atoms with Crippen molar-refractivity contribution in [1.82, 2.24) is 0 Å². The normalized spacial score (nSPS) is 9.30. The number of carbonyl (C=O) groups is 1. The van der Waals surface area contributed by atoms with Gasteiger partial charge in [0.1, 0.15) is 5.00 Å². The fourth-order valence-corrected chi connectivity index (χ4v) is 1.86. The van der Waals surface area contributed by atoms with Gasteiger partial charge in [0, 0.05) is 0 Å². The molecule has 0 unspecified atom stereocenters. The molecule has 3 N–H and O–H groups in total. The Bertz CT molecular complexity index is 248. The average molecular weight is 221 g/mol. The topological polar surface area (TPSA) is 55.1 Å². The van der Waals surface area contributed by atoms with E-state index < -0.39 is 6.03 Å². The third kappa shape index (κ3) is 1.71. The quantitative estimate of drug-likeness (QED) is 0.748. The van der Waals surface area contributed by atoms with Crippen LogP contribution in [0.25, 0.3) is 0 Å². The Labute approximate surface area is 70.4 Å². The molecule has 10 heavy (non-hydrogen) atoms. The predicted octanol–water partition coefficient (Wildman–Crippen LogP) is 2.00. The van der Waals surface area contributed by atoms with E-state index in [9.17, 15) is 4.79 Å². The first kappa shape index (κ1) is 7.56. The molecule has 1 aromatic rings. The summed E-state index contributed by atoms with van der Waals surface area (Å²) in [4.78, 5) is 10.3. The third-order valence-electron chi connectivity index (χ3n) is 0.854. The van der Waals surface area contributed by atoms with E-state index in [0.717, 1.165) is 9.47 Å². The second kappa shape index (κ2) is 3.03. The number of hydrogen-bond acceptors (Lipinski definition) is 2. The molecule has 2 amide bonds. The molecule has 0 atom stereocenters. The molecular weight excluding hydrogens is 216 g/mol. The number of primary amides is 1. The fourth-order valence-electron chi connectivity index (χ4n) is 0.495. The highest BCUT2D eigenvalue weighted by Crippen LogP contribution is 2.27. The number of carbonyl (C=O) groups excluding carboxylic acids is 1. The van der Waals surface area contributed by atoms with Gasteiger partial charge in [-0.15, -0.1) is 11.3 Å². The minimum atomic E-state index is -0.539. The van der Waals surface area contributed by atoms with Crippen molar-refractivity contribution in [1.29, 1.82) is 0 Å². The number of rotatable bonds is 1. The van der Waals surface area contributed by atoms with Crippen LogP contribution in [-0.4, -0.2) is 6.03 Å². The summed E-state index contributed by atoms with van der Waals surface area (Å²) in [5, 5.41) is 5.06. The molecule has 1 aromatic heterocycles. The van der Waals surface area contributed by atoms with Crippen LogP contribution < -0.4 is 11.1 Å². The van der Waals surface area contributed by atoms with Crippen molar-refractivity contribution >= 4 is 38.3 Å². The third-order valence-corrected chi connectivity index (χ3v) is 2.61. The number of urea groups is 1. The number of thiophene rings is 1. The maximum absolute atomic E-state index is 10.3. The van der Waals surface area contributed by atoms with E-state index in [0.29, 0.717) is 0 Å². The van der Waals surface area contributed by atoms with Gasteiger partial charge >= 0.3 is 6.03 Å². The monoisotopic (exact) mass is 220 g/mol. The molecule has 0 aliphatic rings. The molecule has 5 heteroatoms. The van der Waals surface area contributed by atoms with E-state index in [4.69, 9.17) is 5.73 Å². The standard InChI is InChI=1S/C5H5BrN2OS/c6-3-1-2-10-4(3)8-5(7)9/h1-2H,(H3,7,8,9). The molecule has 0 aliphatic heterocycles. The van der Waals surface area contributed by atoms with Crippen molar-refractivity contribution in [3.8, 4) is 0 Å². The summed E-state index contributed by atoms with van der Waals surface area (Å²) in [6.07, 6.45) is 0. The number of nitrogens with one attached hydrogen (secondary N) is 1. The van der Waals surface area contributed by atoms with Crippen molar-refractivity contribution < 1.29 is 4.79 Å². The Hall–Kier alpha value is -0.550. The summed E-state index contributed by atoms with van der Waals surface area (Å²) in [5.74, 6) is 0. The molecule has 3 nitrogen and oxygen atoms in total. The molecule has 0 aliphatic carbocycles. The molecule has 0 radical (unpaired) electrons.